The molecule has 4 heteroatoms. The molecule has 0 amide bonds. The molecule has 2 nitrogen and oxygen atoms in total. The van der Waals surface area contributed by atoms with Crippen LogP contribution in [0.15, 0.2) is 28.9 Å². The summed E-state index contributed by atoms with van der Waals surface area (Å²) in [6, 6.07) is 5.99. The first-order valence-corrected chi connectivity index (χ1v) is 5.54. The van der Waals surface area contributed by atoms with E-state index in [0.29, 0.717) is 6.54 Å². The van der Waals surface area contributed by atoms with Gasteiger partial charge in [0.1, 0.15) is 0 Å². The van der Waals surface area contributed by atoms with Crippen molar-refractivity contribution < 1.29 is 0 Å². The lowest BCUT2D eigenvalue weighted by Crippen LogP contribution is -2.08. The molecule has 14 heavy (non-hydrogen) atoms. The van der Waals surface area contributed by atoms with Crippen molar-refractivity contribution in [2.45, 2.75) is 6.54 Å². The van der Waals surface area contributed by atoms with E-state index in [-0.39, 0.29) is 0 Å². The number of aromatic nitrogens is 1. The molecule has 1 aromatic heterocycles. The van der Waals surface area contributed by atoms with Gasteiger partial charge < -0.3 is 10.3 Å². The molecule has 0 saturated carbocycles. The molecule has 0 aliphatic heterocycles. The van der Waals surface area contributed by atoms with E-state index in [4.69, 9.17) is 17.3 Å². The number of hydrogen-bond donors (Lipinski definition) is 1. The zero-order valence-corrected chi connectivity index (χ0v) is 9.85. The summed E-state index contributed by atoms with van der Waals surface area (Å²) < 4.78 is 3.12. The fourth-order valence-electron chi connectivity index (χ4n) is 1.59. The summed E-state index contributed by atoms with van der Waals surface area (Å²) in [5.74, 6) is 0. The number of halogens is 2. The lowest BCUT2D eigenvalue weighted by atomic mass is 10.2. The third kappa shape index (κ3) is 1.56. The van der Waals surface area contributed by atoms with Gasteiger partial charge in [-0.05, 0) is 22.0 Å². The maximum Gasteiger partial charge on any atom is 0.0661 e. The zero-order valence-electron chi connectivity index (χ0n) is 7.50. The molecule has 0 spiro atoms. The van der Waals surface area contributed by atoms with Crippen LogP contribution in [0, 0.1) is 0 Å². The maximum atomic E-state index is 6.10. The lowest BCUT2D eigenvalue weighted by Gasteiger charge is -2.03. The molecule has 0 bridgehead atoms. The van der Waals surface area contributed by atoms with Crippen molar-refractivity contribution >= 4 is 38.4 Å². The van der Waals surface area contributed by atoms with E-state index in [1.807, 2.05) is 24.4 Å². The molecule has 74 valence electrons. The highest BCUT2D eigenvalue weighted by Gasteiger charge is 2.08. The first kappa shape index (κ1) is 10.0. The molecule has 0 aliphatic carbocycles. The number of nitrogens with two attached hydrogens (primary N) is 1. The Morgan fingerprint density at radius 3 is 2.93 bits per heavy atom. The summed E-state index contributed by atoms with van der Waals surface area (Å²) in [6.07, 6.45) is 1.92. The number of para-hydroxylation sites is 1. The van der Waals surface area contributed by atoms with E-state index in [1.54, 1.807) is 0 Å². The molecule has 2 N–H and O–H groups in total. The summed E-state index contributed by atoms with van der Waals surface area (Å²) in [5, 5.41) is 1.84. The number of benzene rings is 1. The first-order valence-electron chi connectivity index (χ1n) is 4.37. The molecular formula is C10H10BrClN2. The minimum absolute atomic E-state index is 0.613. The normalized spacial score (nSPS) is 11.1. The zero-order chi connectivity index (χ0) is 10.1. The van der Waals surface area contributed by atoms with Crippen molar-refractivity contribution in [2.24, 2.45) is 5.73 Å². The molecule has 0 fully saturated rings. The average molecular weight is 274 g/mol. The summed E-state index contributed by atoms with van der Waals surface area (Å²) >= 11 is 9.61. The van der Waals surface area contributed by atoms with E-state index in [0.717, 1.165) is 26.9 Å². The predicted octanol–water partition coefficient (Wildman–Crippen LogP) is 3.02. The van der Waals surface area contributed by atoms with Crippen LogP contribution in [0.25, 0.3) is 10.9 Å². The molecule has 1 heterocycles. The molecule has 2 rings (SSSR count). The van der Waals surface area contributed by atoms with Gasteiger partial charge in [-0.3, -0.25) is 0 Å². The smallest absolute Gasteiger partial charge is 0.0661 e. The molecule has 2 aromatic rings. The fraction of sp³-hybridized carbons (Fsp3) is 0.200. The first-order chi connectivity index (χ1) is 6.74. The number of fused-ring (bicyclic) bond motifs is 1. The standard InChI is InChI=1S/C10H10BrClN2/c11-8-3-1-2-7-9(12)6-14(5-4-13)10(7)8/h1-3,6H,4-5,13H2. The highest BCUT2D eigenvalue weighted by Crippen LogP contribution is 2.30. The van der Waals surface area contributed by atoms with Gasteiger partial charge in [-0.15, -0.1) is 0 Å². The van der Waals surface area contributed by atoms with Gasteiger partial charge in [-0.1, -0.05) is 23.7 Å². The van der Waals surface area contributed by atoms with Crippen molar-refractivity contribution in [1.82, 2.24) is 4.57 Å². The Balaban J connectivity index is 2.72. The van der Waals surface area contributed by atoms with Crippen molar-refractivity contribution in [2.75, 3.05) is 6.54 Å². The topological polar surface area (TPSA) is 30.9 Å². The Bertz CT molecular complexity index is 464. The largest absolute Gasteiger partial charge is 0.344 e. The summed E-state index contributed by atoms with van der Waals surface area (Å²) in [7, 11) is 0. The van der Waals surface area contributed by atoms with Gasteiger partial charge in [0.05, 0.1) is 10.5 Å². The van der Waals surface area contributed by atoms with Crippen LogP contribution in [0.4, 0.5) is 0 Å². The van der Waals surface area contributed by atoms with Crippen LogP contribution in [0.2, 0.25) is 5.02 Å². The Morgan fingerprint density at radius 1 is 1.43 bits per heavy atom. The highest BCUT2D eigenvalue weighted by molar-refractivity contribution is 9.10. The molecule has 0 atom stereocenters. The Morgan fingerprint density at radius 2 is 2.21 bits per heavy atom. The Labute approximate surface area is 95.8 Å². The molecule has 0 radical (unpaired) electrons. The predicted molar refractivity (Wildman–Crippen MR) is 63.7 cm³/mol. The summed E-state index contributed by atoms with van der Waals surface area (Å²) in [6.45, 7) is 1.40. The third-order valence-electron chi connectivity index (χ3n) is 2.17. The Hall–Kier alpha value is -0.510. The average Bonchev–Trinajstić information content (AvgIpc) is 2.46. The number of rotatable bonds is 2. The van der Waals surface area contributed by atoms with Crippen molar-refractivity contribution in [3.05, 3.63) is 33.9 Å². The van der Waals surface area contributed by atoms with Crippen molar-refractivity contribution in [1.29, 1.82) is 0 Å². The van der Waals surface area contributed by atoms with Gasteiger partial charge in [0.15, 0.2) is 0 Å². The van der Waals surface area contributed by atoms with Crippen LogP contribution in [0.1, 0.15) is 0 Å². The third-order valence-corrected chi connectivity index (χ3v) is 3.11. The van der Waals surface area contributed by atoms with Crippen molar-refractivity contribution in [3.8, 4) is 0 Å². The lowest BCUT2D eigenvalue weighted by molar-refractivity contribution is 0.734. The van der Waals surface area contributed by atoms with Crippen LogP contribution in [-0.4, -0.2) is 11.1 Å². The van der Waals surface area contributed by atoms with Gasteiger partial charge in [-0.25, -0.2) is 0 Å². The SMILES string of the molecule is NCCn1cc(Cl)c2cccc(Br)c21. The quantitative estimate of drug-likeness (QED) is 0.896. The molecule has 1 aromatic carbocycles. The van der Waals surface area contributed by atoms with E-state index in [1.165, 1.54) is 0 Å². The minimum Gasteiger partial charge on any atom is -0.344 e. The highest BCUT2D eigenvalue weighted by atomic mass is 79.9. The minimum atomic E-state index is 0.613. The van der Waals surface area contributed by atoms with Gasteiger partial charge in [0.25, 0.3) is 0 Å². The molecular weight excluding hydrogens is 263 g/mol. The van der Waals surface area contributed by atoms with Gasteiger partial charge >= 0.3 is 0 Å². The fourth-order valence-corrected chi connectivity index (χ4v) is 2.45. The number of hydrogen-bond acceptors (Lipinski definition) is 1. The Kier molecular flexibility index (Phi) is 2.81. The maximum absolute atomic E-state index is 6.10. The second kappa shape index (κ2) is 3.93. The van der Waals surface area contributed by atoms with Crippen LogP contribution < -0.4 is 5.73 Å². The van der Waals surface area contributed by atoms with Crippen LogP contribution in [-0.2, 0) is 6.54 Å². The van der Waals surface area contributed by atoms with Crippen LogP contribution >= 0.6 is 27.5 Å². The number of nitrogens with zero attached hydrogens (tertiary/aromatic N) is 1. The monoisotopic (exact) mass is 272 g/mol. The summed E-state index contributed by atoms with van der Waals surface area (Å²) in [4.78, 5) is 0. The van der Waals surface area contributed by atoms with Gasteiger partial charge in [-0.2, -0.15) is 0 Å². The van der Waals surface area contributed by atoms with Crippen LogP contribution in [0.3, 0.4) is 0 Å². The molecule has 0 unspecified atom stereocenters. The molecule has 0 saturated heterocycles. The van der Waals surface area contributed by atoms with E-state index < -0.39 is 0 Å². The summed E-state index contributed by atoms with van der Waals surface area (Å²) in [5.41, 5.74) is 6.65. The van der Waals surface area contributed by atoms with Gasteiger partial charge in [0, 0.05) is 29.1 Å². The second-order valence-electron chi connectivity index (χ2n) is 3.10. The van der Waals surface area contributed by atoms with E-state index in [2.05, 4.69) is 20.5 Å². The van der Waals surface area contributed by atoms with Crippen molar-refractivity contribution in [3.63, 3.8) is 0 Å². The van der Waals surface area contributed by atoms with E-state index in [9.17, 15) is 0 Å². The van der Waals surface area contributed by atoms with E-state index >= 15 is 0 Å². The van der Waals surface area contributed by atoms with Crippen LogP contribution in [0.5, 0.6) is 0 Å². The molecule has 0 aliphatic rings. The second-order valence-corrected chi connectivity index (χ2v) is 4.36. The van der Waals surface area contributed by atoms with Gasteiger partial charge in [0.2, 0.25) is 0 Å².